The Hall–Kier alpha value is -1.25. The molecule has 1 heterocycles. The summed E-state index contributed by atoms with van der Waals surface area (Å²) in [5, 5.41) is 9.74. The second kappa shape index (κ2) is 6.36. The first kappa shape index (κ1) is 12.8. The van der Waals surface area contributed by atoms with Crippen molar-refractivity contribution in [1.82, 2.24) is 15.5 Å². The van der Waals surface area contributed by atoms with E-state index < -0.39 is 5.91 Å². The fourth-order valence-corrected chi connectivity index (χ4v) is 1.53. The molecule has 0 unspecified atom stereocenters. The molecule has 0 aromatic carbocycles. The van der Waals surface area contributed by atoms with E-state index in [9.17, 15) is 9.59 Å². The summed E-state index contributed by atoms with van der Waals surface area (Å²) in [5.74, 6) is -0.936. The maximum atomic E-state index is 11.3. The minimum atomic E-state index is -0.553. The summed E-state index contributed by atoms with van der Waals surface area (Å²) >= 11 is 6.49. The number of aromatic nitrogens is 2. The van der Waals surface area contributed by atoms with E-state index in [1.165, 1.54) is 0 Å². The molecule has 7 nitrogen and oxygen atoms in total. The Labute approximate surface area is 99.9 Å². The Balaban J connectivity index is 2.18. The smallest absolute Gasteiger partial charge is 0.282 e. The van der Waals surface area contributed by atoms with Crippen LogP contribution in [0, 0.1) is 0 Å². The first-order chi connectivity index (χ1) is 7.59. The van der Waals surface area contributed by atoms with Crippen LogP contribution < -0.4 is 11.1 Å². The highest BCUT2D eigenvalue weighted by Crippen LogP contribution is 2.14. The third kappa shape index (κ3) is 4.51. The van der Waals surface area contributed by atoms with Gasteiger partial charge in [0.15, 0.2) is 0 Å². The average Bonchev–Trinajstić information content (AvgIpc) is 2.63. The second-order valence-corrected chi connectivity index (χ2v) is 4.19. The van der Waals surface area contributed by atoms with Crippen molar-refractivity contribution in [2.75, 3.05) is 19.8 Å². The van der Waals surface area contributed by atoms with E-state index in [-0.39, 0.29) is 35.1 Å². The largest absolute Gasteiger partial charge is 0.370 e. The molecule has 0 fully saturated rings. The van der Waals surface area contributed by atoms with Gasteiger partial charge in [-0.15, -0.1) is 10.2 Å². The molecule has 2 amide bonds. The van der Waals surface area contributed by atoms with Gasteiger partial charge in [-0.05, 0) is 11.6 Å². The molecular formula is C7H9ClN4O3S. The van der Waals surface area contributed by atoms with Crippen LogP contribution in [0.5, 0.6) is 0 Å². The third-order valence-electron chi connectivity index (χ3n) is 1.37. The lowest BCUT2D eigenvalue weighted by Crippen LogP contribution is -2.28. The van der Waals surface area contributed by atoms with Crippen LogP contribution in [-0.4, -0.2) is 41.8 Å². The fourth-order valence-electron chi connectivity index (χ4n) is 0.782. The molecule has 16 heavy (non-hydrogen) atoms. The Morgan fingerprint density at radius 3 is 2.81 bits per heavy atom. The Morgan fingerprint density at radius 1 is 1.50 bits per heavy atom. The van der Waals surface area contributed by atoms with Crippen molar-refractivity contribution in [2.24, 2.45) is 5.73 Å². The molecule has 0 aliphatic heterocycles. The number of carbonyl (C=O) groups is 2. The van der Waals surface area contributed by atoms with Crippen LogP contribution >= 0.6 is 22.9 Å². The van der Waals surface area contributed by atoms with Gasteiger partial charge in [0.25, 0.3) is 5.91 Å². The lowest BCUT2D eigenvalue weighted by molar-refractivity contribution is -0.122. The van der Waals surface area contributed by atoms with Crippen molar-refractivity contribution in [1.29, 1.82) is 0 Å². The molecule has 88 valence electrons. The molecule has 0 saturated heterocycles. The molecule has 0 spiro atoms. The van der Waals surface area contributed by atoms with Crippen molar-refractivity contribution in [3.8, 4) is 0 Å². The topological polar surface area (TPSA) is 107 Å². The predicted molar refractivity (Wildman–Crippen MR) is 57.3 cm³/mol. The summed E-state index contributed by atoms with van der Waals surface area (Å²) in [6.07, 6.45) is 0. The van der Waals surface area contributed by atoms with E-state index in [0.717, 1.165) is 11.3 Å². The molecule has 0 aliphatic carbocycles. The maximum Gasteiger partial charge on any atom is 0.282 e. The van der Waals surface area contributed by atoms with E-state index in [1.54, 1.807) is 0 Å². The third-order valence-corrected chi connectivity index (χ3v) is 2.39. The summed E-state index contributed by atoms with van der Waals surface area (Å²) in [6, 6.07) is 0. The standard InChI is InChI=1S/C7H9ClN4O3S/c8-7-12-11-6(16-7)5(14)10-1-2-15-3-4(9)13/h1-3H2,(H2,9,13)(H,10,14). The van der Waals surface area contributed by atoms with E-state index in [4.69, 9.17) is 22.1 Å². The zero-order valence-electron chi connectivity index (χ0n) is 8.10. The van der Waals surface area contributed by atoms with Crippen molar-refractivity contribution in [3.05, 3.63) is 9.47 Å². The molecule has 0 radical (unpaired) electrons. The molecule has 0 aliphatic rings. The number of amides is 2. The lowest BCUT2D eigenvalue weighted by Gasteiger charge is -2.02. The molecule has 0 bridgehead atoms. The molecule has 9 heteroatoms. The normalized spacial score (nSPS) is 10.1. The number of ether oxygens (including phenoxy) is 1. The number of rotatable bonds is 6. The summed E-state index contributed by atoms with van der Waals surface area (Å²) in [4.78, 5) is 21.6. The van der Waals surface area contributed by atoms with Gasteiger partial charge in [0, 0.05) is 6.54 Å². The SMILES string of the molecule is NC(=O)COCCNC(=O)c1nnc(Cl)s1. The number of nitrogens with two attached hydrogens (primary N) is 1. The van der Waals surface area contributed by atoms with Crippen LogP contribution in [0.15, 0.2) is 0 Å². The first-order valence-electron chi connectivity index (χ1n) is 4.23. The van der Waals surface area contributed by atoms with Crippen LogP contribution in [0.1, 0.15) is 9.80 Å². The van der Waals surface area contributed by atoms with Gasteiger partial charge in [-0.25, -0.2) is 0 Å². The fraction of sp³-hybridized carbons (Fsp3) is 0.429. The zero-order valence-corrected chi connectivity index (χ0v) is 9.68. The number of primary amides is 1. The molecule has 0 atom stereocenters. The highest BCUT2D eigenvalue weighted by molar-refractivity contribution is 7.17. The number of nitrogens with one attached hydrogen (secondary N) is 1. The van der Waals surface area contributed by atoms with Crippen LogP contribution in [0.4, 0.5) is 0 Å². The molecule has 1 rings (SSSR count). The summed E-state index contributed by atoms with van der Waals surface area (Å²) in [6.45, 7) is 0.283. The van der Waals surface area contributed by atoms with Gasteiger partial charge < -0.3 is 15.8 Å². The number of nitrogens with zero attached hydrogens (tertiary/aromatic N) is 2. The van der Waals surface area contributed by atoms with E-state index in [2.05, 4.69) is 15.5 Å². The van der Waals surface area contributed by atoms with Gasteiger partial charge >= 0.3 is 0 Å². The lowest BCUT2D eigenvalue weighted by atomic mass is 10.6. The van der Waals surface area contributed by atoms with Gasteiger partial charge in [-0.3, -0.25) is 9.59 Å². The maximum absolute atomic E-state index is 11.3. The highest BCUT2D eigenvalue weighted by Gasteiger charge is 2.10. The molecule has 3 N–H and O–H groups in total. The van der Waals surface area contributed by atoms with Gasteiger partial charge in [0.1, 0.15) is 6.61 Å². The first-order valence-corrected chi connectivity index (χ1v) is 5.42. The van der Waals surface area contributed by atoms with Crippen molar-refractivity contribution in [2.45, 2.75) is 0 Å². The zero-order chi connectivity index (χ0) is 12.0. The minimum Gasteiger partial charge on any atom is -0.370 e. The van der Waals surface area contributed by atoms with Crippen LogP contribution in [-0.2, 0) is 9.53 Å². The molecular weight excluding hydrogens is 256 g/mol. The minimum absolute atomic E-state index is 0.166. The average molecular weight is 265 g/mol. The van der Waals surface area contributed by atoms with Gasteiger partial charge in [-0.1, -0.05) is 11.3 Å². The Morgan fingerprint density at radius 2 is 2.25 bits per heavy atom. The van der Waals surface area contributed by atoms with E-state index in [0.29, 0.717) is 0 Å². The quantitative estimate of drug-likeness (QED) is 0.669. The van der Waals surface area contributed by atoms with Crippen molar-refractivity contribution in [3.63, 3.8) is 0 Å². The number of carbonyl (C=O) groups excluding carboxylic acids is 2. The highest BCUT2D eigenvalue weighted by atomic mass is 35.5. The van der Waals surface area contributed by atoms with Crippen LogP contribution in [0.25, 0.3) is 0 Å². The summed E-state index contributed by atoms with van der Waals surface area (Å²) < 4.78 is 5.04. The van der Waals surface area contributed by atoms with Gasteiger partial charge in [-0.2, -0.15) is 0 Å². The predicted octanol–water partition coefficient (Wildman–Crippen LogP) is -0.577. The van der Waals surface area contributed by atoms with Crippen molar-refractivity contribution >= 4 is 34.8 Å². The molecule has 0 saturated carbocycles. The van der Waals surface area contributed by atoms with Crippen molar-refractivity contribution < 1.29 is 14.3 Å². The molecule has 1 aromatic heterocycles. The van der Waals surface area contributed by atoms with E-state index >= 15 is 0 Å². The summed E-state index contributed by atoms with van der Waals surface area (Å²) in [7, 11) is 0. The second-order valence-electron chi connectivity index (χ2n) is 2.63. The van der Waals surface area contributed by atoms with Crippen LogP contribution in [0.3, 0.4) is 0 Å². The number of hydrogen-bond donors (Lipinski definition) is 2. The Bertz CT molecular complexity index is 383. The van der Waals surface area contributed by atoms with Crippen LogP contribution in [0.2, 0.25) is 4.47 Å². The number of halogens is 1. The van der Waals surface area contributed by atoms with Gasteiger partial charge in [0.05, 0.1) is 6.61 Å². The monoisotopic (exact) mass is 264 g/mol. The summed E-state index contributed by atoms with van der Waals surface area (Å²) in [5.41, 5.74) is 4.85. The number of hydrogen-bond acceptors (Lipinski definition) is 6. The Kier molecular flexibility index (Phi) is 5.09. The van der Waals surface area contributed by atoms with Gasteiger partial charge in [0.2, 0.25) is 15.4 Å². The van der Waals surface area contributed by atoms with E-state index in [1.807, 2.05) is 0 Å². The molecule has 1 aromatic rings.